The van der Waals surface area contributed by atoms with Crippen molar-refractivity contribution in [3.05, 3.63) is 27.3 Å². The lowest BCUT2D eigenvalue weighted by Crippen LogP contribution is -2.24. The topological polar surface area (TPSA) is 29.1 Å². The van der Waals surface area contributed by atoms with Gasteiger partial charge < -0.3 is 5.32 Å². The maximum atomic E-state index is 13.2. The second-order valence-corrected chi connectivity index (χ2v) is 3.85. The van der Waals surface area contributed by atoms with E-state index in [4.69, 9.17) is 0 Å². The van der Waals surface area contributed by atoms with Crippen LogP contribution in [0, 0.1) is 3.57 Å². The Labute approximate surface area is 86.5 Å². The van der Waals surface area contributed by atoms with Gasteiger partial charge in [-0.25, -0.2) is 0 Å². The van der Waals surface area contributed by atoms with Crippen LogP contribution < -0.4 is 5.32 Å². The predicted molar refractivity (Wildman–Crippen MR) is 51.7 cm³/mol. The van der Waals surface area contributed by atoms with E-state index in [0.717, 1.165) is 0 Å². The van der Waals surface area contributed by atoms with Crippen molar-refractivity contribution in [1.29, 1.82) is 0 Å². The lowest BCUT2D eigenvalue weighted by atomic mass is 10.1. The monoisotopic (exact) mass is 295 g/mol. The van der Waals surface area contributed by atoms with Crippen molar-refractivity contribution in [2.75, 3.05) is 5.32 Å². The Bertz CT molecular complexity index is 392. The third kappa shape index (κ3) is 1.13. The molecule has 5 heteroatoms. The maximum absolute atomic E-state index is 13.2. The van der Waals surface area contributed by atoms with Gasteiger partial charge in [-0.3, -0.25) is 4.79 Å². The molecule has 0 unspecified atom stereocenters. The SMILES string of the molecule is O=C1Nc2cccc(I)c2C1(F)F. The minimum absolute atomic E-state index is 0.208. The molecule has 2 rings (SSSR count). The summed E-state index contributed by atoms with van der Waals surface area (Å²) in [5.41, 5.74) is 0.00231. The zero-order valence-electron chi connectivity index (χ0n) is 6.27. The smallest absolute Gasteiger partial charge is 0.320 e. The first-order valence-corrected chi connectivity index (χ1v) is 4.59. The highest BCUT2D eigenvalue weighted by Gasteiger charge is 2.49. The molecule has 0 spiro atoms. The van der Waals surface area contributed by atoms with Crippen molar-refractivity contribution in [2.24, 2.45) is 0 Å². The number of benzene rings is 1. The van der Waals surface area contributed by atoms with Gasteiger partial charge in [0.2, 0.25) is 0 Å². The fourth-order valence-electron chi connectivity index (χ4n) is 1.26. The molecule has 1 aliphatic rings. The number of nitrogens with one attached hydrogen (secondary N) is 1. The number of carbonyl (C=O) groups excluding carboxylic acids is 1. The molecule has 13 heavy (non-hydrogen) atoms. The largest absolute Gasteiger partial charge is 0.353 e. The summed E-state index contributed by atoms with van der Waals surface area (Å²) in [5.74, 6) is -4.63. The Morgan fingerprint density at radius 1 is 1.38 bits per heavy atom. The third-order valence-electron chi connectivity index (χ3n) is 1.86. The molecular weight excluding hydrogens is 291 g/mol. The van der Waals surface area contributed by atoms with E-state index in [9.17, 15) is 13.6 Å². The molecule has 2 nitrogen and oxygen atoms in total. The van der Waals surface area contributed by atoms with Gasteiger partial charge in [-0.05, 0) is 34.7 Å². The van der Waals surface area contributed by atoms with E-state index < -0.39 is 11.8 Å². The zero-order chi connectivity index (χ0) is 9.64. The predicted octanol–water partition coefficient (Wildman–Crippen LogP) is 2.34. The number of hydrogen-bond acceptors (Lipinski definition) is 1. The number of anilines is 1. The molecule has 0 bridgehead atoms. The van der Waals surface area contributed by atoms with Crippen LogP contribution in [0.2, 0.25) is 0 Å². The Hall–Kier alpha value is -0.720. The quantitative estimate of drug-likeness (QED) is 0.731. The first-order valence-electron chi connectivity index (χ1n) is 3.52. The maximum Gasteiger partial charge on any atom is 0.353 e. The van der Waals surface area contributed by atoms with Crippen LogP contribution in [0.3, 0.4) is 0 Å². The van der Waals surface area contributed by atoms with E-state index in [1.165, 1.54) is 6.07 Å². The highest BCUT2D eigenvalue weighted by molar-refractivity contribution is 14.1. The number of amides is 1. The van der Waals surface area contributed by atoms with Crippen molar-refractivity contribution in [3.8, 4) is 0 Å². The Kier molecular flexibility index (Phi) is 1.79. The third-order valence-corrected chi connectivity index (χ3v) is 2.76. The second-order valence-electron chi connectivity index (χ2n) is 2.69. The molecule has 0 saturated heterocycles. The standard InChI is InChI=1S/C8H4F2INO/c9-8(10)6-4(11)2-1-3-5(6)12-7(8)13/h1-3H,(H,12,13). The zero-order valence-corrected chi connectivity index (χ0v) is 8.43. The van der Waals surface area contributed by atoms with Crippen LogP contribution in [0.5, 0.6) is 0 Å². The fraction of sp³-hybridized carbons (Fsp3) is 0.125. The molecule has 1 aromatic rings. The molecule has 1 amide bonds. The Balaban J connectivity index is 2.70. The van der Waals surface area contributed by atoms with Gasteiger partial charge >= 0.3 is 5.92 Å². The highest BCUT2D eigenvalue weighted by atomic mass is 127. The van der Waals surface area contributed by atoms with Gasteiger partial charge in [0.15, 0.2) is 0 Å². The van der Waals surface area contributed by atoms with E-state index in [2.05, 4.69) is 5.32 Å². The van der Waals surface area contributed by atoms with Crippen molar-refractivity contribution < 1.29 is 13.6 Å². The van der Waals surface area contributed by atoms with E-state index in [1.54, 1.807) is 34.7 Å². The number of fused-ring (bicyclic) bond motifs is 1. The summed E-state index contributed by atoms with van der Waals surface area (Å²) < 4.78 is 26.8. The first-order chi connectivity index (χ1) is 6.03. The van der Waals surface area contributed by atoms with Crippen LogP contribution in [0.15, 0.2) is 18.2 Å². The van der Waals surface area contributed by atoms with Gasteiger partial charge in [0.1, 0.15) is 0 Å². The van der Waals surface area contributed by atoms with Crippen molar-refractivity contribution in [2.45, 2.75) is 5.92 Å². The van der Waals surface area contributed by atoms with Gasteiger partial charge in [-0.2, -0.15) is 8.78 Å². The number of alkyl halides is 2. The average molecular weight is 295 g/mol. The highest BCUT2D eigenvalue weighted by Crippen LogP contribution is 2.42. The lowest BCUT2D eigenvalue weighted by Gasteiger charge is -2.07. The summed E-state index contributed by atoms with van der Waals surface area (Å²) >= 11 is 1.79. The normalized spacial score (nSPS) is 18.2. The fourth-order valence-corrected chi connectivity index (χ4v) is 2.10. The molecular formula is C8H4F2INO. The molecule has 68 valence electrons. The van der Waals surface area contributed by atoms with Crippen molar-refractivity contribution in [1.82, 2.24) is 0 Å². The molecule has 0 fully saturated rings. The van der Waals surface area contributed by atoms with Crippen LogP contribution in [-0.2, 0) is 10.7 Å². The summed E-state index contributed by atoms with van der Waals surface area (Å²) in [5, 5.41) is 2.13. The van der Waals surface area contributed by atoms with Crippen LogP contribution in [-0.4, -0.2) is 5.91 Å². The molecule has 0 saturated carbocycles. The summed E-state index contributed by atoms with van der Waals surface area (Å²) in [6.45, 7) is 0. The van der Waals surface area contributed by atoms with Gasteiger partial charge in [0.25, 0.3) is 5.91 Å². The van der Waals surface area contributed by atoms with Crippen LogP contribution >= 0.6 is 22.6 Å². The number of carbonyl (C=O) groups is 1. The second kappa shape index (κ2) is 2.63. The Morgan fingerprint density at radius 3 is 2.69 bits per heavy atom. The molecule has 1 heterocycles. The molecule has 0 aromatic heterocycles. The van der Waals surface area contributed by atoms with E-state index >= 15 is 0 Å². The summed E-state index contributed by atoms with van der Waals surface area (Å²) in [7, 11) is 0. The van der Waals surface area contributed by atoms with Crippen LogP contribution in [0.25, 0.3) is 0 Å². The number of halogens is 3. The van der Waals surface area contributed by atoms with Crippen molar-refractivity contribution >= 4 is 34.2 Å². The molecule has 1 aliphatic heterocycles. The molecule has 1 aromatic carbocycles. The van der Waals surface area contributed by atoms with Crippen LogP contribution in [0.1, 0.15) is 5.56 Å². The number of hydrogen-bond donors (Lipinski definition) is 1. The summed E-state index contributed by atoms with van der Waals surface area (Å²) in [6, 6.07) is 4.65. The first kappa shape index (κ1) is 8.86. The van der Waals surface area contributed by atoms with E-state index in [1.807, 2.05) is 0 Å². The van der Waals surface area contributed by atoms with Crippen LogP contribution in [0.4, 0.5) is 14.5 Å². The minimum Gasteiger partial charge on any atom is -0.320 e. The van der Waals surface area contributed by atoms with E-state index in [-0.39, 0.29) is 11.3 Å². The van der Waals surface area contributed by atoms with Gasteiger partial charge in [0, 0.05) is 3.57 Å². The number of rotatable bonds is 0. The average Bonchev–Trinajstić information content (AvgIpc) is 2.24. The molecule has 0 radical (unpaired) electrons. The molecule has 1 N–H and O–H groups in total. The van der Waals surface area contributed by atoms with E-state index in [0.29, 0.717) is 3.57 Å². The molecule has 0 atom stereocenters. The minimum atomic E-state index is -3.38. The van der Waals surface area contributed by atoms with Gasteiger partial charge in [0.05, 0.1) is 11.3 Å². The summed E-state index contributed by atoms with van der Waals surface area (Å²) in [6.07, 6.45) is 0. The molecule has 0 aliphatic carbocycles. The lowest BCUT2D eigenvalue weighted by molar-refractivity contribution is -0.139. The van der Waals surface area contributed by atoms with Gasteiger partial charge in [-0.1, -0.05) is 6.07 Å². The van der Waals surface area contributed by atoms with Gasteiger partial charge in [-0.15, -0.1) is 0 Å². The van der Waals surface area contributed by atoms with Crippen molar-refractivity contribution in [3.63, 3.8) is 0 Å². The Morgan fingerprint density at radius 2 is 2.08 bits per heavy atom. The summed E-state index contributed by atoms with van der Waals surface area (Å²) in [4.78, 5) is 10.8.